The minimum absolute atomic E-state index is 0.283. The minimum atomic E-state index is -0.685. The second-order valence-electron chi connectivity index (χ2n) is 5.08. The zero-order valence-corrected chi connectivity index (χ0v) is 11.3. The predicted molar refractivity (Wildman–Crippen MR) is 68.5 cm³/mol. The summed E-state index contributed by atoms with van der Waals surface area (Å²) in [5, 5.41) is 8.76. The van der Waals surface area contributed by atoms with Gasteiger partial charge in [-0.2, -0.15) is 0 Å². The van der Waals surface area contributed by atoms with E-state index in [1.165, 1.54) is 11.1 Å². The van der Waals surface area contributed by atoms with E-state index < -0.39 is 5.97 Å². The van der Waals surface area contributed by atoms with Crippen molar-refractivity contribution in [2.75, 3.05) is 0 Å². The molecule has 1 atom stereocenters. The van der Waals surface area contributed by atoms with Gasteiger partial charge in [0.25, 0.3) is 0 Å². The Morgan fingerprint density at radius 3 is 2.19 bits per heavy atom. The summed E-state index contributed by atoms with van der Waals surface area (Å²) < 4.78 is 0. The van der Waals surface area contributed by atoms with Crippen LogP contribution in [0.4, 0.5) is 0 Å². The summed E-state index contributed by atoms with van der Waals surface area (Å²) in [6, 6.07) is 0. The van der Waals surface area contributed by atoms with Crippen LogP contribution in [0.25, 0.3) is 0 Å². The molecule has 0 aliphatic rings. The number of aliphatic carboxylic acids is 1. The van der Waals surface area contributed by atoms with Crippen LogP contribution >= 0.6 is 0 Å². The summed E-state index contributed by atoms with van der Waals surface area (Å²) in [4.78, 5) is 10.6. The molecular formula is C14H26O2. The van der Waals surface area contributed by atoms with E-state index in [-0.39, 0.29) is 6.42 Å². The molecule has 0 aromatic rings. The largest absolute Gasteiger partial charge is 0.481 e. The van der Waals surface area contributed by atoms with Gasteiger partial charge in [0.15, 0.2) is 0 Å². The first-order valence-corrected chi connectivity index (χ1v) is 6.26. The Labute approximate surface area is 99.7 Å². The van der Waals surface area contributed by atoms with E-state index in [1.54, 1.807) is 0 Å². The van der Waals surface area contributed by atoms with Crippen LogP contribution in [0.5, 0.6) is 0 Å². The summed E-state index contributed by atoms with van der Waals surface area (Å²) in [5.74, 6) is 0.380. The average molecular weight is 226 g/mol. The molecule has 0 aromatic carbocycles. The lowest BCUT2D eigenvalue weighted by molar-refractivity contribution is -0.137. The predicted octanol–water partition coefficient (Wildman–Crippen LogP) is 4.26. The molecule has 2 heteroatoms. The fourth-order valence-corrected chi connectivity index (χ4v) is 2.01. The second-order valence-corrected chi connectivity index (χ2v) is 5.08. The first-order chi connectivity index (χ1) is 7.38. The van der Waals surface area contributed by atoms with Gasteiger partial charge in [-0.25, -0.2) is 0 Å². The van der Waals surface area contributed by atoms with Crippen molar-refractivity contribution < 1.29 is 9.90 Å². The van der Waals surface area contributed by atoms with Crippen LogP contribution in [0.2, 0.25) is 0 Å². The fourth-order valence-electron chi connectivity index (χ4n) is 2.01. The van der Waals surface area contributed by atoms with E-state index in [2.05, 4.69) is 34.6 Å². The highest BCUT2D eigenvalue weighted by Crippen LogP contribution is 2.27. The molecule has 0 bridgehead atoms. The summed E-state index contributed by atoms with van der Waals surface area (Å²) in [6.45, 7) is 10.9. The molecule has 1 unspecified atom stereocenters. The smallest absolute Gasteiger partial charge is 0.303 e. The van der Waals surface area contributed by atoms with E-state index in [0.717, 1.165) is 19.3 Å². The number of hydrogen-bond donors (Lipinski definition) is 1. The van der Waals surface area contributed by atoms with Crippen molar-refractivity contribution in [3.63, 3.8) is 0 Å². The van der Waals surface area contributed by atoms with E-state index in [0.29, 0.717) is 11.8 Å². The third-order valence-corrected chi connectivity index (χ3v) is 3.28. The maximum atomic E-state index is 10.6. The van der Waals surface area contributed by atoms with E-state index in [1.807, 2.05) is 0 Å². The highest BCUT2D eigenvalue weighted by molar-refractivity contribution is 5.66. The van der Waals surface area contributed by atoms with Crippen LogP contribution < -0.4 is 0 Å². The zero-order valence-electron chi connectivity index (χ0n) is 11.3. The number of hydrogen-bond acceptors (Lipinski definition) is 1. The van der Waals surface area contributed by atoms with Gasteiger partial charge in [0.05, 0.1) is 0 Å². The van der Waals surface area contributed by atoms with Crippen molar-refractivity contribution in [3.8, 4) is 0 Å². The van der Waals surface area contributed by atoms with Gasteiger partial charge in [-0.3, -0.25) is 4.79 Å². The van der Waals surface area contributed by atoms with Crippen molar-refractivity contribution in [1.82, 2.24) is 0 Å². The number of carboxylic acids is 1. The van der Waals surface area contributed by atoms with Crippen molar-refractivity contribution in [2.24, 2.45) is 11.8 Å². The van der Waals surface area contributed by atoms with E-state index >= 15 is 0 Å². The van der Waals surface area contributed by atoms with Gasteiger partial charge < -0.3 is 5.11 Å². The maximum Gasteiger partial charge on any atom is 0.303 e. The quantitative estimate of drug-likeness (QED) is 0.658. The molecule has 0 spiro atoms. The van der Waals surface area contributed by atoms with Crippen LogP contribution in [-0.4, -0.2) is 11.1 Å². The van der Waals surface area contributed by atoms with Gasteiger partial charge in [-0.15, -0.1) is 0 Å². The SMILES string of the molecule is CC/C(C)=C(\C)C(CCC(=O)O)CC(C)C. The first kappa shape index (κ1) is 15.2. The molecule has 0 saturated heterocycles. The average Bonchev–Trinajstić information content (AvgIpc) is 2.21. The molecule has 16 heavy (non-hydrogen) atoms. The van der Waals surface area contributed by atoms with Crippen molar-refractivity contribution in [1.29, 1.82) is 0 Å². The Bertz CT molecular complexity index is 251. The van der Waals surface area contributed by atoms with Crippen LogP contribution in [0.15, 0.2) is 11.1 Å². The van der Waals surface area contributed by atoms with E-state index in [9.17, 15) is 4.79 Å². The monoisotopic (exact) mass is 226 g/mol. The molecule has 0 saturated carbocycles. The lowest BCUT2D eigenvalue weighted by atomic mass is 9.84. The molecule has 94 valence electrons. The van der Waals surface area contributed by atoms with Crippen LogP contribution in [0.3, 0.4) is 0 Å². The maximum absolute atomic E-state index is 10.6. The van der Waals surface area contributed by atoms with Crippen LogP contribution in [0.1, 0.15) is 60.3 Å². The van der Waals surface area contributed by atoms with Gasteiger partial charge >= 0.3 is 5.97 Å². The lowest BCUT2D eigenvalue weighted by Gasteiger charge is -2.21. The van der Waals surface area contributed by atoms with Crippen molar-refractivity contribution >= 4 is 5.97 Å². The van der Waals surface area contributed by atoms with Gasteiger partial charge in [0.1, 0.15) is 0 Å². The molecular weight excluding hydrogens is 200 g/mol. The Kier molecular flexibility index (Phi) is 7.11. The molecule has 1 N–H and O–H groups in total. The zero-order chi connectivity index (χ0) is 12.7. The number of allylic oxidation sites excluding steroid dienone is 2. The summed E-state index contributed by atoms with van der Waals surface area (Å²) in [5.41, 5.74) is 2.81. The summed E-state index contributed by atoms with van der Waals surface area (Å²) in [7, 11) is 0. The Morgan fingerprint density at radius 1 is 1.25 bits per heavy atom. The highest BCUT2D eigenvalue weighted by Gasteiger charge is 2.15. The third-order valence-electron chi connectivity index (χ3n) is 3.28. The Balaban J connectivity index is 4.59. The van der Waals surface area contributed by atoms with E-state index in [4.69, 9.17) is 5.11 Å². The highest BCUT2D eigenvalue weighted by atomic mass is 16.4. The molecule has 0 amide bonds. The third kappa shape index (κ3) is 5.94. The molecule has 0 aliphatic carbocycles. The first-order valence-electron chi connectivity index (χ1n) is 6.26. The molecule has 0 aliphatic heterocycles. The van der Waals surface area contributed by atoms with Gasteiger partial charge in [0.2, 0.25) is 0 Å². The van der Waals surface area contributed by atoms with Crippen LogP contribution in [0, 0.1) is 11.8 Å². The molecule has 0 aromatic heterocycles. The molecule has 0 heterocycles. The summed E-state index contributed by atoms with van der Waals surface area (Å²) >= 11 is 0. The minimum Gasteiger partial charge on any atom is -0.481 e. The lowest BCUT2D eigenvalue weighted by Crippen LogP contribution is -2.10. The van der Waals surface area contributed by atoms with Gasteiger partial charge in [-0.1, -0.05) is 31.9 Å². The normalized spacial score (nSPS) is 14.9. The number of rotatable bonds is 7. The summed E-state index contributed by atoms with van der Waals surface area (Å²) in [6.07, 6.45) is 3.21. The number of carbonyl (C=O) groups is 1. The molecule has 0 fully saturated rings. The topological polar surface area (TPSA) is 37.3 Å². The van der Waals surface area contributed by atoms with Crippen LogP contribution in [-0.2, 0) is 4.79 Å². The second kappa shape index (κ2) is 7.48. The Morgan fingerprint density at radius 2 is 1.81 bits per heavy atom. The molecule has 0 radical (unpaired) electrons. The molecule has 0 rings (SSSR count). The van der Waals surface area contributed by atoms with Gasteiger partial charge in [0, 0.05) is 6.42 Å². The van der Waals surface area contributed by atoms with Gasteiger partial charge in [-0.05, 0) is 44.9 Å². The fraction of sp³-hybridized carbons (Fsp3) is 0.786. The Hall–Kier alpha value is -0.790. The van der Waals surface area contributed by atoms with Crippen molar-refractivity contribution in [2.45, 2.75) is 60.3 Å². The molecule has 2 nitrogen and oxygen atoms in total. The standard InChI is InChI=1S/C14H26O2/c1-6-11(4)12(5)13(9-10(2)3)7-8-14(15)16/h10,13H,6-9H2,1-5H3,(H,15,16)/b12-11+. The van der Waals surface area contributed by atoms with Crippen molar-refractivity contribution in [3.05, 3.63) is 11.1 Å². The number of carboxylic acid groups (broad SMARTS) is 1.